The van der Waals surface area contributed by atoms with Crippen LogP contribution < -0.4 is 30.2 Å². The van der Waals surface area contributed by atoms with Crippen molar-refractivity contribution in [3.63, 3.8) is 0 Å². The number of amides is 1. The van der Waals surface area contributed by atoms with Crippen molar-refractivity contribution in [2.75, 3.05) is 26.6 Å². The molecule has 0 unspecified atom stereocenters. The topological polar surface area (TPSA) is 80.9 Å². The summed E-state index contributed by atoms with van der Waals surface area (Å²) in [6, 6.07) is 10.4. The number of methoxy groups -OCH3 is 3. The molecule has 1 heterocycles. The molecule has 3 rings (SSSR count). The second-order valence-electron chi connectivity index (χ2n) is 6.49. The average molecular weight is 492 g/mol. The first kappa shape index (κ1) is 21.9. The van der Waals surface area contributed by atoms with Crippen LogP contribution >= 0.6 is 28.1 Å². The molecule has 0 saturated carbocycles. The smallest absolute Gasteiger partial charge is 0.255 e. The molecule has 0 aliphatic carbocycles. The van der Waals surface area contributed by atoms with Gasteiger partial charge in [-0.3, -0.25) is 4.79 Å². The number of halogens is 1. The largest absolute Gasteiger partial charge is 0.493 e. The van der Waals surface area contributed by atoms with Crippen molar-refractivity contribution in [2.24, 2.45) is 0 Å². The van der Waals surface area contributed by atoms with Crippen molar-refractivity contribution in [1.82, 2.24) is 10.6 Å². The highest BCUT2D eigenvalue weighted by molar-refractivity contribution is 9.10. The molecule has 0 radical (unpaired) electrons. The molecule has 0 spiro atoms. The number of anilines is 1. The molecule has 0 saturated heterocycles. The summed E-state index contributed by atoms with van der Waals surface area (Å²) in [7, 11) is 4.63. The lowest BCUT2D eigenvalue weighted by molar-refractivity contribution is -0.113. The maximum absolute atomic E-state index is 13.2. The molecule has 9 heteroatoms. The Bertz CT molecular complexity index is 983. The fourth-order valence-electron chi connectivity index (χ4n) is 3.24. The van der Waals surface area contributed by atoms with E-state index < -0.39 is 6.04 Å². The molecular weight excluding hydrogens is 470 g/mol. The predicted molar refractivity (Wildman–Crippen MR) is 123 cm³/mol. The third kappa shape index (κ3) is 4.52. The van der Waals surface area contributed by atoms with Gasteiger partial charge in [-0.15, -0.1) is 0 Å². The van der Waals surface area contributed by atoms with Gasteiger partial charge in [0.05, 0.1) is 32.9 Å². The Hall–Kier alpha value is -2.78. The van der Waals surface area contributed by atoms with Gasteiger partial charge in [-0.25, -0.2) is 0 Å². The van der Waals surface area contributed by atoms with Crippen LogP contribution in [0.2, 0.25) is 0 Å². The van der Waals surface area contributed by atoms with E-state index in [1.165, 1.54) is 0 Å². The fraction of sp³-hybridized carbons (Fsp3) is 0.238. The van der Waals surface area contributed by atoms with Crippen LogP contribution in [-0.4, -0.2) is 32.3 Å². The molecule has 1 atom stereocenters. The molecule has 1 aliphatic rings. The Labute approximate surface area is 188 Å². The first-order chi connectivity index (χ1) is 14.4. The van der Waals surface area contributed by atoms with E-state index in [9.17, 15) is 4.79 Å². The molecule has 0 aromatic heterocycles. The molecule has 0 fully saturated rings. The van der Waals surface area contributed by atoms with Gasteiger partial charge in [0.2, 0.25) is 5.75 Å². The van der Waals surface area contributed by atoms with E-state index in [1.807, 2.05) is 31.2 Å². The van der Waals surface area contributed by atoms with Crippen molar-refractivity contribution in [3.05, 3.63) is 57.7 Å². The number of hydrogen-bond donors (Lipinski definition) is 3. The van der Waals surface area contributed by atoms with Gasteiger partial charge in [-0.1, -0.05) is 15.9 Å². The van der Waals surface area contributed by atoms with Gasteiger partial charge in [0.15, 0.2) is 16.6 Å². The highest BCUT2D eigenvalue weighted by Gasteiger charge is 2.31. The van der Waals surface area contributed by atoms with Gasteiger partial charge in [0.25, 0.3) is 5.91 Å². The lowest BCUT2D eigenvalue weighted by atomic mass is 9.94. The third-order valence-electron chi connectivity index (χ3n) is 4.64. The van der Waals surface area contributed by atoms with Crippen molar-refractivity contribution >= 4 is 44.9 Å². The zero-order valence-corrected chi connectivity index (χ0v) is 19.4. The number of benzene rings is 2. The minimum absolute atomic E-state index is 0.254. The van der Waals surface area contributed by atoms with E-state index in [4.69, 9.17) is 26.4 Å². The SMILES string of the molecule is COc1cc([C@@H]2NC(=S)NC(C)=C2C(=O)Nc2ccc(Br)cc2)cc(OC)c1OC. The van der Waals surface area contributed by atoms with Gasteiger partial charge in [0.1, 0.15) is 0 Å². The molecule has 0 bridgehead atoms. The van der Waals surface area contributed by atoms with Crippen LogP contribution in [0.25, 0.3) is 0 Å². The monoisotopic (exact) mass is 491 g/mol. The zero-order valence-electron chi connectivity index (χ0n) is 17.0. The van der Waals surface area contributed by atoms with Gasteiger partial charge in [-0.05, 0) is 61.1 Å². The Morgan fingerprint density at radius 2 is 1.67 bits per heavy atom. The van der Waals surface area contributed by atoms with E-state index >= 15 is 0 Å². The molecule has 158 valence electrons. The average Bonchev–Trinajstić information content (AvgIpc) is 2.73. The van der Waals surface area contributed by atoms with E-state index in [0.717, 1.165) is 10.0 Å². The number of carbonyl (C=O) groups is 1. The number of hydrogen-bond acceptors (Lipinski definition) is 5. The van der Waals surface area contributed by atoms with E-state index in [0.29, 0.717) is 39.3 Å². The van der Waals surface area contributed by atoms with Crippen LogP contribution in [0.3, 0.4) is 0 Å². The van der Waals surface area contributed by atoms with Crippen molar-refractivity contribution in [2.45, 2.75) is 13.0 Å². The lowest BCUT2D eigenvalue weighted by Crippen LogP contribution is -2.45. The maximum Gasteiger partial charge on any atom is 0.255 e. The van der Waals surface area contributed by atoms with E-state index in [1.54, 1.807) is 33.5 Å². The summed E-state index contributed by atoms with van der Waals surface area (Å²) in [4.78, 5) is 13.2. The maximum atomic E-state index is 13.2. The summed E-state index contributed by atoms with van der Waals surface area (Å²) in [5.74, 6) is 1.20. The van der Waals surface area contributed by atoms with Gasteiger partial charge < -0.3 is 30.2 Å². The van der Waals surface area contributed by atoms with Crippen molar-refractivity contribution in [3.8, 4) is 17.2 Å². The predicted octanol–water partition coefficient (Wildman–Crippen LogP) is 3.91. The number of rotatable bonds is 6. The van der Waals surface area contributed by atoms with Crippen LogP contribution in [0.5, 0.6) is 17.2 Å². The summed E-state index contributed by atoms with van der Waals surface area (Å²) < 4.78 is 17.3. The molecule has 2 aromatic carbocycles. The summed E-state index contributed by atoms with van der Waals surface area (Å²) in [5, 5.41) is 9.56. The van der Waals surface area contributed by atoms with Crippen LogP contribution in [0, 0.1) is 0 Å². The number of thiocarbonyl (C=S) groups is 1. The quantitative estimate of drug-likeness (QED) is 0.528. The van der Waals surface area contributed by atoms with Crippen molar-refractivity contribution in [1.29, 1.82) is 0 Å². The Kier molecular flexibility index (Phi) is 6.84. The second kappa shape index (κ2) is 9.36. The summed E-state index contributed by atoms with van der Waals surface area (Å²) in [5.41, 5.74) is 2.59. The van der Waals surface area contributed by atoms with Gasteiger partial charge in [0, 0.05) is 15.9 Å². The molecule has 30 heavy (non-hydrogen) atoms. The molecule has 1 aliphatic heterocycles. The lowest BCUT2D eigenvalue weighted by Gasteiger charge is -2.31. The number of allylic oxidation sites excluding steroid dienone is 1. The van der Waals surface area contributed by atoms with Crippen LogP contribution in [-0.2, 0) is 4.79 Å². The number of nitrogens with one attached hydrogen (secondary N) is 3. The highest BCUT2D eigenvalue weighted by atomic mass is 79.9. The summed E-state index contributed by atoms with van der Waals surface area (Å²) >= 11 is 8.73. The van der Waals surface area contributed by atoms with Gasteiger partial charge in [-0.2, -0.15) is 0 Å². The van der Waals surface area contributed by atoms with E-state index in [2.05, 4.69) is 31.9 Å². The normalized spacial score (nSPS) is 15.8. The molecule has 2 aromatic rings. The van der Waals surface area contributed by atoms with E-state index in [-0.39, 0.29) is 5.91 Å². The van der Waals surface area contributed by atoms with Gasteiger partial charge >= 0.3 is 0 Å². The summed E-state index contributed by atoms with van der Waals surface area (Å²) in [6.45, 7) is 1.81. The van der Waals surface area contributed by atoms with Crippen LogP contribution in [0.4, 0.5) is 5.69 Å². The zero-order chi connectivity index (χ0) is 21.8. The third-order valence-corrected chi connectivity index (χ3v) is 5.38. The Morgan fingerprint density at radius 3 is 2.20 bits per heavy atom. The van der Waals surface area contributed by atoms with Crippen LogP contribution in [0.15, 0.2) is 52.1 Å². The number of ether oxygens (including phenoxy) is 3. The molecule has 3 N–H and O–H groups in total. The number of carbonyl (C=O) groups excluding carboxylic acids is 1. The Morgan fingerprint density at radius 1 is 1.07 bits per heavy atom. The molecular formula is C21H22BrN3O4S. The fourth-order valence-corrected chi connectivity index (χ4v) is 3.78. The second-order valence-corrected chi connectivity index (χ2v) is 7.81. The molecule has 7 nitrogen and oxygen atoms in total. The first-order valence-electron chi connectivity index (χ1n) is 9.03. The van der Waals surface area contributed by atoms with Crippen molar-refractivity contribution < 1.29 is 19.0 Å². The Balaban J connectivity index is 2.03. The highest BCUT2D eigenvalue weighted by Crippen LogP contribution is 2.41. The minimum Gasteiger partial charge on any atom is -0.493 e. The first-order valence-corrected chi connectivity index (χ1v) is 10.2. The molecule has 1 amide bonds. The minimum atomic E-state index is -0.511. The van der Waals surface area contributed by atoms with Crippen LogP contribution in [0.1, 0.15) is 18.5 Å². The summed E-state index contributed by atoms with van der Waals surface area (Å²) in [6.07, 6.45) is 0. The standard InChI is InChI=1S/C21H22BrN3O4S/c1-11-17(20(26)24-14-7-5-13(22)6-8-14)18(25-21(30)23-11)12-9-15(27-2)19(29-4)16(10-12)28-3/h5-10,18H,1-4H3,(H,24,26)(H2,23,25,30)/t18-/m0/s1.